The molecule has 25 heavy (non-hydrogen) atoms. The Morgan fingerprint density at radius 3 is 1.76 bits per heavy atom. The second-order valence-corrected chi connectivity index (χ2v) is 8.40. The van der Waals surface area contributed by atoms with Crippen LogP contribution in [0.5, 0.6) is 0 Å². The lowest BCUT2D eigenvalue weighted by Crippen LogP contribution is -2.46. The van der Waals surface area contributed by atoms with E-state index in [-0.39, 0.29) is 0 Å². The lowest BCUT2D eigenvalue weighted by molar-refractivity contribution is 0.0714. The number of aryl methyl sites for hydroxylation is 1. The lowest BCUT2D eigenvalue weighted by Gasteiger charge is -2.28. The van der Waals surface area contributed by atoms with Gasteiger partial charge < -0.3 is 18.6 Å². The smallest absolute Gasteiger partial charge is 0.374 e. The van der Waals surface area contributed by atoms with Gasteiger partial charge in [-0.25, -0.2) is 0 Å². The van der Waals surface area contributed by atoms with Crippen LogP contribution in [0.4, 0.5) is 11.4 Å². The first-order chi connectivity index (χ1) is 12.2. The van der Waals surface area contributed by atoms with Crippen molar-refractivity contribution in [3.05, 3.63) is 60.2 Å². The maximum atomic E-state index is 5.92. The Balaban J connectivity index is 1.97. The van der Waals surface area contributed by atoms with Crippen molar-refractivity contribution >= 4 is 20.2 Å². The number of hydrogen-bond acceptors (Lipinski definition) is 4. The summed E-state index contributed by atoms with van der Waals surface area (Å²) in [4.78, 5) is 0. The summed E-state index contributed by atoms with van der Waals surface area (Å²) < 4.78 is 17.8. The van der Waals surface area contributed by atoms with Gasteiger partial charge in [0.1, 0.15) is 0 Å². The third-order valence-corrected chi connectivity index (χ3v) is 6.88. The van der Waals surface area contributed by atoms with E-state index in [1.807, 2.05) is 39.0 Å². The highest BCUT2D eigenvalue weighted by molar-refractivity contribution is 6.60. The third kappa shape index (κ3) is 6.29. The molecule has 136 valence electrons. The summed E-state index contributed by atoms with van der Waals surface area (Å²) in [6, 6.07) is 19.5. The molecule has 0 unspecified atom stereocenters. The maximum absolute atomic E-state index is 5.92. The molecule has 0 atom stereocenters. The summed E-state index contributed by atoms with van der Waals surface area (Å²) in [6.45, 7) is 7.82. The van der Waals surface area contributed by atoms with Crippen molar-refractivity contribution in [3.63, 3.8) is 0 Å². The highest BCUT2D eigenvalue weighted by Gasteiger charge is 2.39. The summed E-state index contributed by atoms with van der Waals surface area (Å²) >= 11 is 0. The van der Waals surface area contributed by atoms with Gasteiger partial charge in [-0.05, 0) is 57.0 Å². The van der Waals surface area contributed by atoms with E-state index in [1.165, 1.54) is 5.56 Å². The molecule has 0 radical (unpaired) electrons. The Hall–Kier alpha value is -1.66. The van der Waals surface area contributed by atoms with E-state index in [1.54, 1.807) is 0 Å². The van der Waals surface area contributed by atoms with Gasteiger partial charge in [-0.15, -0.1) is 0 Å². The minimum Gasteiger partial charge on any atom is -0.374 e. The molecule has 0 heterocycles. The first-order valence-corrected chi connectivity index (χ1v) is 11.0. The SMILES string of the molecule is CCO[Si](CCc1ccc(Nc2ccccc2)cc1)(OCC)OCC. The summed E-state index contributed by atoms with van der Waals surface area (Å²) in [6.07, 6.45) is 0.887. The Morgan fingerprint density at radius 1 is 0.720 bits per heavy atom. The molecule has 5 heteroatoms. The summed E-state index contributed by atoms with van der Waals surface area (Å²) in [5, 5.41) is 3.40. The van der Waals surface area contributed by atoms with Crippen molar-refractivity contribution in [3.8, 4) is 0 Å². The summed E-state index contributed by atoms with van der Waals surface area (Å²) in [5.41, 5.74) is 3.43. The molecule has 2 rings (SSSR count). The number of para-hydroxylation sites is 1. The minimum atomic E-state index is -2.57. The molecular weight excluding hydrogens is 330 g/mol. The van der Waals surface area contributed by atoms with Crippen LogP contribution in [-0.4, -0.2) is 28.6 Å². The van der Waals surface area contributed by atoms with Crippen LogP contribution in [-0.2, 0) is 19.7 Å². The van der Waals surface area contributed by atoms with Gasteiger partial charge >= 0.3 is 8.80 Å². The molecule has 0 saturated carbocycles. The van der Waals surface area contributed by atoms with Gasteiger partial charge in [-0.2, -0.15) is 0 Å². The molecule has 0 aliphatic carbocycles. The summed E-state index contributed by atoms with van der Waals surface area (Å²) in [5.74, 6) is 0. The van der Waals surface area contributed by atoms with Gasteiger partial charge in [-0.3, -0.25) is 0 Å². The number of anilines is 2. The molecule has 0 aromatic heterocycles. The van der Waals surface area contributed by atoms with Crippen molar-refractivity contribution in [2.45, 2.75) is 33.2 Å². The molecule has 0 aliphatic rings. The standard InChI is InChI=1S/C20H29NO3Si/c1-4-22-25(23-5-2,24-6-3)17-16-18-12-14-20(15-13-18)21-19-10-8-7-9-11-19/h7-15,21H,4-6,16-17H2,1-3H3. The lowest BCUT2D eigenvalue weighted by atomic mass is 10.1. The van der Waals surface area contributed by atoms with Crippen LogP contribution in [0.25, 0.3) is 0 Å². The van der Waals surface area contributed by atoms with E-state index in [4.69, 9.17) is 13.3 Å². The molecule has 1 N–H and O–H groups in total. The van der Waals surface area contributed by atoms with E-state index in [9.17, 15) is 0 Å². The summed E-state index contributed by atoms with van der Waals surface area (Å²) in [7, 11) is -2.57. The highest BCUT2D eigenvalue weighted by Crippen LogP contribution is 2.21. The Labute approximate surface area is 152 Å². The zero-order valence-electron chi connectivity index (χ0n) is 15.5. The molecule has 2 aromatic carbocycles. The Bertz CT molecular complexity index is 587. The molecule has 0 spiro atoms. The molecular formula is C20H29NO3Si. The van der Waals surface area contributed by atoms with E-state index in [0.717, 1.165) is 23.8 Å². The van der Waals surface area contributed by atoms with Crippen LogP contribution in [0.15, 0.2) is 54.6 Å². The zero-order chi connectivity index (χ0) is 18.0. The quantitative estimate of drug-likeness (QED) is 0.572. The van der Waals surface area contributed by atoms with Crippen molar-refractivity contribution in [2.24, 2.45) is 0 Å². The first-order valence-electron chi connectivity index (χ1n) is 9.04. The average molecular weight is 360 g/mol. The fraction of sp³-hybridized carbons (Fsp3) is 0.400. The van der Waals surface area contributed by atoms with Crippen LogP contribution >= 0.6 is 0 Å². The molecule has 0 fully saturated rings. The van der Waals surface area contributed by atoms with Crippen LogP contribution in [0, 0.1) is 0 Å². The number of hydrogen-bond donors (Lipinski definition) is 1. The fourth-order valence-electron chi connectivity index (χ4n) is 2.74. The van der Waals surface area contributed by atoms with Crippen LogP contribution in [0.3, 0.4) is 0 Å². The molecule has 0 amide bonds. The molecule has 4 nitrogen and oxygen atoms in total. The normalized spacial score (nSPS) is 11.5. The predicted molar refractivity (Wildman–Crippen MR) is 105 cm³/mol. The van der Waals surface area contributed by atoms with Crippen LogP contribution in [0.2, 0.25) is 6.04 Å². The van der Waals surface area contributed by atoms with Gasteiger partial charge in [0.05, 0.1) is 0 Å². The second-order valence-electron chi connectivity index (χ2n) is 5.67. The monoisotopic (exact) mass is 359 g/mol. The zero-order valence-corrected chi connectivity index (χ0v) is 16.5. The highest BCUT2D eigenvalue weighted by atomic mass is 28.4. The molecule has 2 aromatic rings. The van der Waals surface area contributed by atoms with Gasteiger partial charge in [-0.1, -0.05) is 30.3 Å². The number of nitrogens with one attached hydrogen (secondary N) is 1. The van der Waals surface area contributed by atoms with Crippen molar-refractivity contribution < 1.29 is 13.3 Å². The molecule has 0 bridgehead atoms. The fourth-order valence-corrected chi connectivity index (χ4v) is 5.34. The van der Waals surface area contributed by atoms with Gasteiger partial charge in [0.2, 0.25) is 0 Å². The third-order valence-electron chi connectivity index (χ3n) is 3.83. The maximum Gasteiger partial charge on any atom is 0.501 e. The Morgan fingerprint density at radius 2 is 1.24 bits per heavy atom. The van der Waals surface area contributed by atoms with Gasteiger partial charge in [0.15, 0.2) is 0 Å². The van der Waals surface area contributed by atoms with E-state index < -0.39 is 8.80 Å². The largest absolute Gasteiger partial charge is 0.501 e. The van der Waals surface area contributed by atoms with Crippen molar-refractivity contribution in [1.82, 2.24) is 0 Å². The molecule has 0 saturated heterocycles. The number of rotatable bonds is 11. The molecule has 0 aliphatic heterocycles. The van der Waals surface area contributed by atoms with Crippen molar-refractivity contribution in [2.75, 3.05) is 25.1 Å². The van der Waals surface area contributed by atoms with Crippen LogP contribution < -0.4 is 5.32 Å². The predicted octanol–water partition coefficient (Wildman–Crippen LogP) is 5.02. The second kappa shape index (κ2) is 10.4. The van der Waals surface area contributed by atoms with E-state index >= 15 is 0 Å². The van der Waals surface area contributed by atoms with E-state index in [2.05, 4.69) is 41.7 Å². The average Bonchev–Trinajstić information content (AvgIpc) is 2.63. The van der Waals surface area contributed by atoms with Crippen LogP contribution in [0.1, 0.15) is 26.3 Å². The van der Waals surface area contributed by atoms with E-state index in [0.29, 0.717) is 19.8 Å². The Kier molecular flexibility index (Phi) is 8.14. The minimum absolute atomic E-state index is 0.617. The van der Waals surface area contributed by atoms with Crippen molar-refractivity contribution in [1.29, 1.82) is 0 Å². The first kappa shape index (κ1) is 19.7. The topological polar surface area (TPSA) is 39.7 Å². The van der Waals surface area contributed by atoms with Gasteiger partial charge in [0, 0.05) is 37.2 Å². The van der Waals surface area contributed by atoms with Gasteiger partial charge in [0.25, 0.3) is 0 Å². The number of benzene rings is 2.